The molecular weight excluding hydrogens is 306 g/mol. The minimum Gasteiger partial charge on any atom is -0.444 e. The molecule has 0 bridgehead atoms. The molecule has 2 N–H and O–H groups in total. The van der Waals surface area contributed by atoms with E-state index in [4.69, 9.17) is 4.74 Å². The highest BCUT2D eigenvalue weighted by Crippen LogP contribution is 2.13. The first-order valence-corrected chi connectivity index (χ1v) is 7.62. The molecule has 2 rings (SSSR count). The van der Waals surface area contributed by atoms with Gasteiger partial charge in [-0.25, -0.2) is 4.79 Å². The molecule has 1 aromatic carbocycles. The number of carbonyl (C=O) groups is 2. The van der Waals surface area contributed by atoms with E-state index in [2.05, 4.69) is 15.6 Å². The van der Waals surface area contributed by atoms with Crippen LogP contribution in [0.3, 0.4) is 0 Å². The van der Waals surface area contributed by atoms with Crippen LogP contribution in [0.5, 0.6) is 0 Å². The van der Waals surface area contributed by atoms with Crippen LogP contribution in [0.25, 0.3) is 0 Å². The molecule has 2 aromatic rings. The van der Waals surface area contributed by atoms with E-state index in [9.17, 15) is 9.59 Å². The highest BCUT2D eigenvalue weighted by molar-refractivity contribution is 5.95. The Kier molecular flexibility index (Phi) is 5.52. The molecule has 0 saturated heterocycles. The third-order valence-electron chi connectivity index (χ3n) is 2.95. The number of aromatic nitrogens is 1. The summed E-state index contributed by atoms with van der Waals surface area (Å²) in [4.78, 5) is 27.9. The first-order valence-electron chi connectivity index (χ1n) is 7.62. The highest BCUT2D eigenvalue weighted by atomic mass is 16.6. The van der Waals surface area contributed by atoms with Crippen molar-refractivity contribution < 1.29 is 14.3 Å². The van der Waals surface area contributed by atoms with Gasteiger partial charge in [-0.3, -0.25) is 15.1 Å². The van der Waals surface area contributed by atoms with Crippen LogP contribution < -0.4 is 10.6 Å². The second-order valence-electron chi connectivity index (χ2n) is 6.21. The zero-order valence-corrected chi connectivity index (χ0v) is 14.0. The highest BCUT2D eigenvalue weighted by Gasteiger charge is 2.16. The fraction of sp³-hybridized carbons (Fsp3) is 0.278. The lowest BCUT2D eigenvalue weighted by Crippen LogP contribution is -2.27. The van der Waals surface area contributed by atoms with Crippen LogP contribution in [-0.2, 0) is 11.3 Å². The molecule has 24 heavy (non-hydrogen) atoms. The summed E-state index contributed by atoms with van der Waals surface area (Å²) in [5, 5.41) is 5.41. The van der Waals surface area contributed by atoms with Crippen LogP contribution in [0, 0.1) is 0 Å². The first kappa shape index (κ1) is 17.5. The van der Waals surface area contributed by atoms with Gasteiger partial charge < -0.3 is 10.1 Å². The van der Waals surface area contributed by atoms with Gasteiger partial charge in [-0.15, -0.1) is 0 Å². The molecule has 0 aliphatic rings. The molecule has 1 heterocycles. The van der Waals surface area contributed by atoms with Crippen molar-refractivity contribution in [3.8, 4) is 0 Å². The van der Waals surface area contributed by atoms with Gasteiger partial charge in [0.05, 0.1) is 12.2 Å². The van der Waals surface area contributed by atoms with Crippen LogP contribution in [0.4, 0.5) is 10.5 Å². The Morgan fingerprint density at radius 2 is 1.79 bits per heavy atom. The topological polar surface area (TPSA) is 80.3 Å². The summed E-state index contributed by atoms with van der Waals surface area (Å²) in [5.74, 6) is -0.204. The van der Waals surface area contributed by atoms with Gasteiger partial charge in [0, 0.05) is 17.4 Å². The molecule has 6 nitrogen and oxygen atoms in total. The molecule has 0 spiro atoms. The zero-order valence-electron chi connectivity index (χ0n) is 14.0. The van der Waals surface area contributed by atoms with Gasteiger partial charge in [0.15, 0.2) is 0 Å². The summed E-state index contributed by atoms with van der Waals surface area (Å²) >= 11 is 0. The van der Waals surface area contributed by atoms with Crippen molar-refractivity contribution in [2.75, 3.05) is 5.32 Å². The third-order valence-corrected chi connectivity index (χ3v) is 2.95. The summed E-state index contributed by atoms with van der Waals surface area (Å²) in [6.07, 6.45) is 1.15. The van der Waals surface area contributed by atoms with E-state index in [1.54, 1.807) is 51.2 Å². The molecule has 0 fully saturated rings. The number of hydrogen-bond donors (Lipinski definition) is 2. The van der Waals surface area contributed by atoms with E-state index < -0.39 is 11.7 Å². The van der Waals surface area contributed by atoms with Crippen molar-refractivity contribution in [2.45, 2.75) is 32.9 Å². The molecule has 0 atom stereocenters. The number of pyridine rings is 1. The molecule has 0 unspecified atom stereocenters. The SMILES string of the molecule is CC(C)(C)OC(=O)Nc1ccc(C(=O)NCc2ccccn2)cc1. The summed E-state index contributed by atoms with van der Waals surface area (Å²) in [7, 11) is 0. The molecule has 0 saturated carbocycles. The van der Waals surface area contributed by atoms with E-state index in [1.807, 2.05) is 18.2 Å². The second-order valence-corrected chi connectivity index (χ2v) is 6.21. The van der Waals surface area contributed by atoms with E-state index in [0.717, 1.165) is 5.69 Å². The largest absolute Gasteiger partial charge is 0.444 e. The fourth-order valence-electron chi connectivity index (χ4n) is 1.90. The fourth-order valence-corrected chi connectivity index (χ4v) is 1.90. The Bertz CT molecular complexity index is 692. The van der Waals surface area contributed by atoms with Crippen molar-refractivity contribution in [1.82, 2.24) is 10.3 Å². The van der Waals surface area contributed by atoms with Crippen LogP contribution in [0.15, 0.2) is 48.7 Å². The van der Waals surface area contributed by atoms with Gasteiger partial charge in [0.2, 0.25) is 0 Å². The average Bonchev–Trinajstić information content (AvgIpc) is 2.52. The summed E-state index contributed by atoms with van der Waals surface area (Å²) < 4.78 is 5.17. The van der Waals surface area contributed by atoms with Gasteiger partial charge in [0.1, 0.15) is 5.60 Å². The van der Waals surface area contributed by atoms with Crippen LogP contribution in [0.1, 0.15) is 36.8 Å². The summed E-state index contributed by atoms with van der Waals surface area (Å²) in [5.41, 5.74) is 1.29. The number of nitrogens with zero attached hydrogens (tertiary/aromatic N) is 1. The monoisotopic (exact) mass is 327 g/mol. The maximum atomic E-state index is 12.1. The predicted octanol–water partition coefficient (Wildman–Crippen LogP) is 3.36. The molecule has 1 aromatic heterocycles. The minimum absolute atomic E-state index is 0.204. The lowest BCUT2D eigenvalue weighted by molar-refractivity contribution is 0.0635. The number of ether oxygens (including phenoxy) is 1. The number of amides is 2. The predicted molar refractivity (Wildman–Crippen MR) is 91.7 cm³/mol. The van der Waals surface area contributed by atoms with Gasteiger partial charge in [-0.2, -0.15) is 0 Å². The lowest BCUT2D eigenvalue weighted by Gasteiger charge is -2.19. The smallest absolute Gasteiger partial charge is 0.412 e. The molecule has 0 radical (unpaired) electrons. The summed E-state index contributed by atoms with van der Waals surface area (Å²) in [6, 6.07) is 12.1. The normalized spacial score (nSPS) is 10.8. The number of nitrogens with one attached hydrogen (secondary N) is 2. The quantitative estimate of drug-likeness (QED) is 0.902. The third kappa shape index (κ3) is 5.72. The van der Waals surface area contributed by atoms with Crippen LogP contribution in [-0.4, -0.2) is 22.6 Å². The van der Waals surface area contributed by atoms with Crippen molar-refractivity contribution in [2.24, 2.45) is 0 Å². The Balaban J connectivity index is 1.89. The maximum Gasteiger partial charge on any atom is 0.412 e. The van der Waals surface area contributed by atoms with E-state index >= 15 is 0 Å². The van der Waals surface area contributed by atoms with Crippen molar-refractivity contribution >= 4 is 17.7 Å². The van der Waals surface area contributed by atoms with Gasteiger partial charge in [-0.1, -0.05) is 6.07 Å². The van der Waals surface area contributed by atoms with Gasteiger partial charge in [0.25, 0.3) is 5.91 Å². The molecule has 0 aliphatic heterocycles. The lowest BCUT2D eigenvalue weighted by atomic mass is 10.2. The van der Waals surface area contributed by atoms with Crippen LogP contribution >= 0.6 is 0 Å². The number of hydrogen-bond acceptors (Lipinski definition) is 4. The number of benzene rings is 1. The standard InChI is InChI=1S/C18H21N3O3/c1-18(2,3)24-17(23)21-14-9-7-13(8-10-14)16(22)20-12-15-6-4-5-11-19-15/h4-11H,12H2,1-3H3,(H,20,22)(H,21,23). The Hall–Kier alpha value is -2.89. The second kappa shape index (κ2) is 7.59. The number of carbonyl (C=O) groups excluding carboxylic acids is 2. The molecular formula is C18H21N3O3. The Morgan fingerprint density at radius 3 is 2.38 bits per heavy atom. The van der Waals surface area contributed by atoms with Gasteiger partial charge >= 0.3 is 6.09 Å². The minimum atomic E-state index is -0.560. The van der Waals surface area contributed by atoms with Crippen molar-refractivity contribution in [1.29, 1.82) is 0 Å². The summed E-state index contributed by atoms with van der Waals surface area (Å²) in [6.45, 7) is 5.74. The van der Waals surface area contributed by atoms with Crippen molar-refractivity contribution in [3.05, 3.63) is 59.9 Å². The van der Waals surface area contributed by atoms with E-state index in [0.29, 0.717) is 17.8 Å². The van der Waals surface area contributed by atoms with Gasteiger partial charge in [-0.05, 0) is 57.2 Å². The molecule has 0 aliphatic carbocycles. The Labute approximate surface area is 141 Å². The first-order chi connectivity index (χ1) is 11.3. The Morgan fingerprint density at radius 1 is 1.08 bits per heavy atom. The maximum absolute atomic E-state index is 12.1. The molecule has 6 heteroatoms. The zero-order chi connectivity index (χ0) is 17.6. The van der Waals surface area contributed by atoms with Crippen LogP contribution in [0.2, 0.25) is 0 Å². The molecule has 126 valence electrons. The van der Waals surface area contributed by atoms with E-state index in [-0.39, 0.29) is 5.91 Å². The molecule has 2 amide bonds. The van der Waals surface area contributed by atoms with Crippen molar-refractivity contribution in [3.63, 3.8) is 0 Å². The van der Waals surface area contributed by atoms with E-state index in [1.165, 1.54) is 0 Å². The number of rotatable bonds is 4. The number of anilines is 1. The average molecular weight is 327 g/mol.